The lowest BCUT2D eigenvalue weighted by Gasteiger charge is -2.09. The standard InChI is InChI=1S/C10H12BrNO/c11-9-5-7(1-2-10(9)13)8-3-4-12-6-8/h1-2,5,8,12-13H,3-4,6H2. The monoisotopic (exact) mass is 241 g/mol. The number of benzene rings is 1. The van der Waals surface area contributed by atoms with Crippen LogP contribution in [0.25, 0.3) is 0 Å². The lowest BCUT2D eigenvalue weighted by molar-refractivity contribution is 0.471. The Morgan fingerprint density at radius 1 is 1.46 bits per heavy atom. The zero-order valence-corrected chi connectivity index (χ0v) is 8.84. The normalized spacial score (nSPS) is 22.1. The van der Waals surface area contributed by atoms with Crippen LogP contribution >= 0.6 is 15.9 Å². The number of phenolic OH excluding ortho intramolecular Hbond substituents is 1. The maximum Gasteiger partial charge on any atom is 0.129 e. The molecule has 0 aliphatic carbocycles. The zero-order chi connectivity index (χ0) is 9.26. The quantitative estimate of drug-likeness (QED) is 0.791. The average Bonchev–Trinajstić information content (AvgIpc) is 2.62. The number of hydrogen-bond acceptors (Lipinski definition) is 2. The highest BCUT2D eigenvalue weighted by Crippen LogP contribution is 2.30. The van der Waals surface area contributed by atoms with Gasteiger partial charge in [-0.25, -0.2) is 0 Å². The molecule has 0 aromatic heterocycles. The SMILES string of the molecule is Oc1ccc(C2CCNC2)cc1Br. The van der Waals surface area contributed by atoms with E-state index in [0.717, 1.165) is 17.6 Å². The molecule has 2 nitrogen and oxygen atoms in total. The largest absolute Gasteiger partial charge is 0.507 e. The lowest BCUT2D eigenvalue weighted by Crippen LogP contribution is -2.07. The highest BCUT2D eigenvalue weighted by Gasteiger charge is 2.16. The molecule has 0 amide bonds. The molecule has 2 N–H and O–H groups in total. The number of nitrogens with one attached hydrogen (secondary N) is 1. The molecule has 0 spiro atoms. The minimum Gasteiger partial charge on any atom is -0.507 e. The van der Waals surface area contributed by atoms with Crippen molar-refractivity contribution in [3.8, 4) is 5.75 Å². The third kappa shape index (κ3) is 1.86. The van der Waals surface area contributed by atoms with Crippen molar-refractivity contribution in [1.82, 2.24) is 5.32 Å². The molecule has 1 aliphatic rings. The molecule has 1 atom stereocenters. The summed E-state index contributed by atoms with van der Waals surface area (Å²) in [6.45, 7) is 2.15. The van der Waals surface area contributed by atoms with E-state index in [1.54, 1.807) is 6.07 Å². The predicted molar refractivity (Wildman–Crippen MR) is 56.0 cm³/mol. The minimum atomic E-state index is 0.315. The molecule has 2 rings (SSSR count). The molecule has 1 aromatic rings. The average molecular weight is 242 g/mol. The predicted octanol–water partition coefficient (Wildman–Crippen LogP) is 2.23. The van der Waals surface area contributed by atoms with Crippen LogP contribution in [0.3, 0.4) is 0 Å². The molecule has 3 heteroatoms. The van der Waals surface area contributed by atoms with Gasteiger partial charge in [-0.2, -0.15) is 0 Å². The number of aromatic hydroxyl groups is 1. The van der Waals surface area contributed by atoms with Crippen molar-refractivity contribution in [2.75, 3.05) is 13.1 Å². The first-order chi connectivity index (χ1) is 6.27. The Balaban J connectivity index is 2.25. The summed E-state index contributed by atoms with van der Waals surface area (Å²) in [6.07, 6.45) is 1.19. The van der Waals surface area contributed by atoms with Gasteiger partial charge in [0.15, 0.2) is 0 Å². The van der Waals surface area contributed by atoms with E-state index < -0.39 is 0 Å². The van der Waals surface area contributed by atoms with Crippen LogP contribution in [0, 0.1) is 0 Å². The lowest BCUT2D eigenvalue weighted by atomic mass is 9.99. The Kier molecular flexibility index (Phi) is 2.56. The van der Waals surface area contributed by atoms with Crippen molar-refractivity contribution in [3.05, 3.63) is 28.2 Å². The topological polar surface area (TPSA) is 32.3 Å². The van der Waals surface area contributed by atoms with Gasteiger partial charge < -0.3 is 10.4 Å². The third-order valence-corrected chi connectivity index (χ3v) is 3.14. The molecule has 13 heavy (non-hydrogen) atoms. The molecule has 1 saturated heterocycles. The van der Waals surface area contributed by atoms with Gasteiger partial charge in [-0.1, -0.05) is 6.07 Å². The smallest absolute Gasteiger partial charge is 0.129 e. The number of phenols is 1. The fourth-order valence-corrected chi connectivity index (χ4v) is 2.11. The molecule has 1 fully saturated rings. The Morgan fingerprint density at radius 3 is 2.92 bits per heavy atom. The minimum absolute atomic E-state index is 0.315. The van der Waals surface area contributed by atoms with Gasteiger partial charge in [-0.3, -0.25) is 0 Å². The summed E-state index contributed by atoms with van der Waals surface area (Å²) in [5.41, 5.74) is 1.30. The van der Waals surface area contributed by atoms with Crippen LogP contribution in [0.2, 0.25) is 0 Å². The van der Waals surface area contributed by atoms with E-state index in [9.17, 15) is 5.11 Å². The van der Waals surface area contributed by atoms with Crippen molar-refractivity contribution in [2.24, 2.45) is 0 Å². The first-order valence-electron chi connectivity index (χ1n) is 4.46. The molecule has 0 saturated carbocycles. The van der Waals surface area contributed by atoms with Crippen molar-refractivity contribution in [1.29, 1.82) is 0 Å². The maximum atomic E-state index is 9.32. The fraction of sp³-hybridized carbons (Fsp3) is 0.400. The zero-order valence-electron chi connectivity index (χ0n) is 7.26. The molecule has 0 radical (unpaired) electrons. The van der Waals surface area contributed by atoms with Gasteiger partial charge in [-0.15, -0.1) is 0 Å². The van der Waals surface area contributed by atoms with Gasteiger partial charge in [0.2, 0.25) is 0 Å². The maximum absolute atomic E-state index is 9.32. The second-order valence-electron chi connectivity index (χ2n) is 3.40. The number of halogens is 1. The van der Waals surface area contributed by atoms with Crippen LogP contribution in [0.1, 0.15) is 17.9 Å². The van der Waals surface area contributed by atoms with Crippen molar-refractivity contribution in [2.45, 2.75) is 12.3 Å². The third-order valence-electron chi connectivity index (χ3n) is 2.50. The van der Waals surface area contributed by atoms with E-state index in [-0.39, 0.29) is 0 Å². The van der Waals surface area contributed by atoms with Gasteiger partial charge in [0, 0.05) is 6.54 Å². The number of hydrogen-bond donors (Lipinski definition) is 2. The second-order valence-corrected chi connectivity index (χ2v) is 4.25. The Bertz CT molecular complexity index is 308. The summed E-state index contributed by atoms with van der Waals surface area (Å²) in [5.74, 6) is 0.923. The van der Waals surface area contributed by atoms with Crippen molar-refractivity contribution in [3.63, 3.8) is 0 Å². The highest BCUT2D eigenvalue weighted by molar-refractivity contribution is 9.10. The van der Waals surface area contributed by atoms with Gasteiger partial charge in [0.25, 0.3) is 0 Å². The first kappa shape index (κ1) is 9.03. The Labute approximate surface area is 86.1 Å². The Hall–Kier alpha value is -0.540. The highest BCUT2D eigenvalue weighted by atomic mass is 79.9. The summed E-state index contributed by atoms with van der Waals surface area (Å²) >= 11 is 3.32. The molecule has 1 aliphatic heterocycles. The van der Waals surface area contributed by atoms with E-state index in [4.69, 9.17) is 0 Å². The van der Waals surface area contributed by atoms with E-state index in [1.807, 2.05) is 12.1 Å². The summed E-state index contributed by atoms with van der Waals surface area (Å²) in [6, 6.07) is 5.75. The van der Waals surface area contributed by atoms with Gasteiger partial charge in [0.1, 0.15) is 5.75 Å². The van der Waals surface area contributed by atoms with E-state index in [2.05, 4.69) is 21.2 Å². The summed E-state index contributed by atoms with van der Waals surface area (Å²) < 4.78 is 0.789. The molecular formula is C10H12BrNO. The molecule has 0 bridgehead atoms. The molecule has 1 heterocycles. The molecule has 1 aromatic carbocycles. The summed E-state index contributed by atoms with van der Waals surface area (Å²) in [4.78, 5) is 0. The van der Waals surface area contributed by atoms with Crippen molar-refractivity contribution >= 4 is 15.9 Å². The molecule has 1 unspecified atom stereocenters. The van der Waals surface area contributed by atoms with Crippen LogP contribution in [-0.4, -0.2) is 18.2 Å². The summed E-state index contributed by atoms with van der Waals surface area (Å²) in [5, 5.41) is 12.7. The van der Waals surface area contributed by atoms with E-state index in [0.29, 0.717) is 11.7 Å². The van der Waals surface area contributed by atoms with Gasteiger partial charge in [0.05, 0.1) is 4.47 Å². The van der Waals surface area contributed by atoms with E-state index in [1.165, 1.54) is 12.0 Å². The molecule has 70 valence electrons. The van der Waals surface area contributed by atoms with Crippen LogP contribution in [0.4, 0.5) is 0 Å². The van der Waals surface area contributed by atoms with Crippen LogP contribution in [0.5, 0.6) is 5.75 Å². The van der Waals surface area contributed by atoms with Gasteiger partial charge in [-0.05, 0) is 52.5 Å². The van der Waals surface area contributed by atoms with Crippen molar-refractivity contribution < 1.29 is 5.11 Å². The van der Waals surface area contributed by atoms with Crippen LogP contribution < -0.4 is 5.32 Å². The van der Waals surface area contributed by atoms with Crippen LogP contribution in [0.15, 0.2) is 22.7 Å². The number of rotatable bonds is 1. The summed E-state index contributed by atoms with van der Waals surface area (Å²) in [7, 11) is 0. The Morgan fingerprint density at radius 2 is 2.31 bits per heavy atom. The van der Waals surface area contributed by atoms with Crippen LogP contribution in [-0.2, 0) is 0 Å². The fourth-order valence-electron chi connectivity index (χ4n) is 1.72. The first-order valence-corrected chi connectivity index (χ1v) is 5.26. The second kappa shape index (κ2) is 3.68. The van der Waals surface area contributed by atoms with Gasteiger partial charge >= 0.3 is 0 Å². The van der Waals surface area contributed by atoms with E-state index >= 15 is 0 Å². The molecular weight excluding hydrogens is 230 g/mol.